The molecule has 0 N–H and O–H groups in total. The van der Waals surface area contributed by atoms with Gasteiger partial charge in [-0.15, -0.1) is 0 Å². The van der Waals surface area contributed by atoms with Crippen LogP contribution in [-0.2, 0) is 0 Å². The minimum Gasteiger partial charge on any atom is -0.261 e. The van der Waals surface area contributed by atoms with Crippen molar-refractivity contribution in [1.82, 2.24) is 4.98 Å². The molecule has 1 heterocycles. The Labute approximate surface area is 90.8 Å². The molecule has 0 radical (unpaired) electrons. The van der Waals surface area contributed by atoms with Crippen LogP contribution in [0.3, 0.4) is 0 Å². The number of aryl methyl sites for hydroxylation is 3. The van der Waals surface area contributed by atoms with E-state index in [0.717, 1.165) is 5.69 Å². The van der Waals surface area contributed by atoms with E-state index >= 15 is 0 Å². The Balaban J connectivity index is 2.50. The molecule has 0 fully saturated rings. The molecule has 1 aromatic carbocycles. The molecule has 0 bridgehead atoms. The van der Waals surface area contributed by atoms with E-state index in [9.17, 15) is 0 Å². The molecule has 1 nitrogen and oxygen atoms in total. The Hall–Kier alpha value is -1.63. The summed E-state index contributed by atoms with van der Waals surface area (Å²) in [4.78, 5) is 4.38. The van der Waals surface area contributed by atoms with E-state index in [1.54, 1.807) is 0 Å². The smallest absolute Gasteiger partial charge is 0.0402 e. The van der Waals surface area contributed by atoms with E-state index in [2.05, 4.69) is 49.2 Å². The highest BCUT2D eigenvalue weighted by atomic mass is 14.7. The molecule has 1 aromatic heterocycles. The summed E-state index contributed by atoms with van der Waals surface area (Å²) in [5.41, 5.74) is 6.07. The SMILES string of the molecule is Cc1cccc(-c2cnc(C)c(C)c2)c1. The van der Waals surface area contributed by atoms with E-state index in [-0.39, 0.29) is 0 Å². The summed E-state index contributed by atoms with van der Waals surface area (Å²) in [6.07, 6.45) is 1.94. The molecule has 0 aliphatic carbocycles. The van der Waals surface area contributed by atoms with Crippen LogP contribution in [0.1, 0.15) is 16.8 Å². The quantitative estimate of drug-likeness (QED) is 0.679. The second-order valence-corrected chi connectivity index (χ2v) is 4.00. The maximum absolute atomic E-state index is 4.38. The molecule has 0 aliphatic heterocycles. The molecule has 0 atom stereocenters. The van der Waals surface area contributed by atoms with Gasteiger partial charge in [0, 0.05) is 17.5 Å². The standard InChI is InChI=1S/C14H15N/c1-10-5-4-6-13(7-10)14-8-11(2)12(3)15-9-14/h4-9H,1-3H3. The van der Waals surface area contributed by atoms with Crippen molar-refractivity contribution in [2.24, 2.45) is 0 Å². The van der Waals surface area contributed by atoms with Crippen LogP contribution in [0.4, 0.5) is 0 Å². The number of rotatable bonds is 1. The number of pyridine rings is 1. The van der Waals surface area contributed by atoms with Crippen LogP contribution < -0.4 is 0 Å². The van der Waals surface area contributed by atoms with Gasteiger partial charge in [-0.3, -0.25) is 4.98 Å². The van der Waals surface area contributed by atoms with Crippen molar-refractivity contribution in [3.05, 3.63) is 53.3 Å². The Morgan fingerprint density at radius 3 is 2.40 bits per heavy atom. The fourth-order valence-electron chi connectivity index (χ4n) is 1.63. The van der Waals surface area contributed by atoms with Gasteiger partial charge in [-0.05, 0) is 38.0 Å². The van der Waals surface area contributed by atoms with E-state index in [4.69, 9.17) is 0 Å². The van der Waals surface area contributed by atoms with Crippen molar-refractivity contribution in [1.29, 1.82) is 0 Å². The van der Waals surface area contributed by atoms with E-state index < -0.39 is 0 Å². The predicted molar refractivity (Wildman–Crippen MR) is 63.9 cm³/mol. The Morgan fingerprint density at radius 2 is 1.73 bits per heavy atom. The Bertz CT molecular complexity index is 486. The number of benzene rings is 1. The van der Waals surface area contributed by atoms with Crippen LogP contribution in [0.25, 0.3) is 11.1 Å². The molecule has 0 amide bonds. The maximum atomic E-state index is 4.38. The second-order valence-electron chi connectivity index (χ2n) is 4.00. The molecule has 76 valence electrons. The second kappa shape index (κ2) is 3.85. The molecule has 1 heteroatoms. The first-order valence-corrected chi connectivity index (χ1v) is 5.17. The average molecular weight is 197 g/mol. The van der Waals surface area contributed by atoms with Crippen molar-refractivity contribution in [3.8, 4) is 11.1 Å². The van der Waals surface area contributed by atoms with E-state index in [1.165, 1.54) is 22.3 Å². The van der Waals surface area contributed by atoms with Gasteiger partial charge in [0.2, 0.25) is 0 Å². The highest BCUT2D eigenvalue weighted by Gasteiger charge is 2.00. The third kappa shape index (κ3) is 2.07. The maximum Gasteiger partial charge on any atom is 0.0402 e. The Kier molecular flexibility index (Phi) is 2.55. The highest BCUT2D eigenvalue weighted by Crippen LogP contribution is 2.21. The van der Waals surface area contributed by atoms with Crippen molar-refractivity contribution in [2.45, 2.75) is 20.8 Å². The lowest BCUT2D eigenvalue weighted by molar-refractivity contribution is 1.15. The zero-order valence-corrected chi connectivity index (χ0v) is 9.41. The van der Waals surface area contributed by atoms with Gasteiger partial charge in [0.05, 0.1) is 0 Å². The molecule has 0 aliphatic rings. The summed E-state index contributed by atoms with van der Waals surface area (Å²) in [7, 11) is 0. The normalized spacial score (nSPS) is 10.3. The van der Waals surface area contributed by atoms with Gasteiger partial charge in [-0.1, -0.05) is 29.8 Å². The van der Waals surface area contributed by atoms with Crippen molar-refractivity contribution in [2.75, 3.05) is 0 Å². The van der Waals surface area contributed by atoms with Gasteiger partial charge in [-0.2, -0.15) is 0 Å². The van der Waals surface area contributed by atoms with Gasteiger partial charge >= 0.3 is 0 Å². The number of nitrogens with zero attached hydrogens (tertiary/aromatic N) is 1. The molecule has 2 aromatic rings. The molecule has 0 unspecified atom stereocenters. The van der Waals surface area contributed by atoms with Gasteiger partial charge in [0.15, 0.2) is 0 Å². The third-order valence-corrected chi connectivity index (χ3v) is 2.69. The topological polar surface area (TPSA) is 12.9 Å². The Morgan fingerprint density at radius 1 is 0.933 bits per heavy atom. The van der Waals surface area contributed by atoms with Crippen LogP contribution in [0.15, 0.2) is 36.5 Å². The van der Waals surface area contributed by atoms with E-state index in [1.807, 2.05) is 13.1 Å². The largest absolute Gasteiger partial charge is 0.261 e. The number of aromatic nitrogens is 1. The van der Waals surface area contributed by atoms with Gasteiger partial charge in [0.25, 0.3) is 0 Å². The summed E-state index contributed by atoms with van der Waals surface area (Å²) < 4.78 is 0. The average Bonchev–Trinajstić information content (AvgIpc) is 2.22. The lowest BCUT2D eigenvalue weighted by Gasteiger charge is -2.05. The molecular weight excluding hydrogens is 182 g/mol. The fraction of sp³-hybridized carbons (Fsp3) is 0.214. The van der Waals surface area contributed by atoms with E-state index in [0.29, 0.717) is 0 Å². The number of hydrogen-bond donors (Lipinski definition) is 0. The fourth-order valence-corrected chi connectivity index (χ4v) is 1.63. The molecular formula is C14H15N. The lowest BCUT2D eigenvalue weighted by Crippen LogP contribution is -1.88. The minimum atomic E-state index is 1.10. The molecule has 0 saturated carbocycles. The zero-order valence-electron chi connectivity index (χ0n) is 9.41. The first-order chi connectivity index (χ1) is 7.16. The van der Waals surface area contributed by atoms with Gasteiger partial charge < -0.3 is 0 Å². The van der Waals surface area contributed by atoms with Gasteiger partial charge in [-0.25, -0.2) is 0 Å². The predicted octanol–water partition coefficient (Wildman–Crippen LogP) is 3.67. The molecule has 15 heavy (non-hydrogen) atoms. The summed E-state index contributed by atoms with van der Waals surface area (Å²) in [5.74, 6) is 0. The summed E-state index contributed by atoms with van der Waals surface area (Å²) >= 11 is 0. The first-order valence-electron chi connectivity index (χ1n) is 5.17. The molecule has 0 saturated heterocycles. The van der Waals surface area contributed by atoms with Crippen LogP contribution >= 0.6 is 0 Å². The highest BCUT2D eigenvalue weighted by molar-refractivity contribution is 5.64. The molecule has 0 spiro atoms. The number of hydrogen-bond acceptors (Lipinski definition) is 1. The first kappa shape index (κ1) is 9.91. The zero-order chi connectivity index (χ0) is 10.8. The van der Waals surface area contributed by atoms with Crippen LogP contribution in [0.5, 0.6) is 0 Å². The van der Waals surface area contributed by atoms with Crippen molar-refractivity contribution < 1.29 is 0 Å². The van der Waals surface area contributed by atoms with Crippen LogP contribution in [-0.4, -0.2) is 4.98 Å². The minimum absolute atomic E-state index is 1.10. The van der Waals surface area contributed by atoms with Crippen molar-refractivity contribution in [3.63, 3.8) is 0 Å². The van der Waals surface area contributed by atoms with Crippen LogP contribution in [0, 0.1) is 20.8 Å². The summed E-state index contributed by atoms with van der Waals surface area (Å²) in [6, 6.07) is 10.7. The van der Waals surface area contributed by atoms with Crippen molar-refractivity contribution >= 4 is 0 Å². The van der Waals surface area contributed by atoms with Gasteiger partial charge in [0.1, 0.15) is 0 Å². The monoisotopic (exact) mass is 197 g/mol. The summed E-state index contributed by atoms with van der Waals surface area (Å²) in [6.45, 7) is 6.25. The summed E-state index contributed by atoms with van der Waals surface area (Å²) in [5, 5.41) is 0. The van der Waals surface area contributed by atoms with Crippen LogP contribution in [0.2, 0.25) is 0 Å². The third-order valence-electron chi connectivity index (χ3n) is 2.69. The molecule has 2 rings (SSSR count). The lowest BCUT2D eigenvalue weighted by atomic mass is 10.0.